The summed E-state index contributed by atoms with van der Waals surface area (Å²) in [6.07, 6.45) is 6.31. The van der Waals surface area contributed by atoms with Crippen LogP contribution in [-0.4, -0.2) is 22.3 Å². The van der Waals surface area contributed by atoms with E-state index in [9.17, 15) is 0 Å². The van der Waals surface area contributed by atoms with Gasteiger partial charge in [0.15, 0.2) is 5.11 Å². The number of thiocarbonyl (C=S) groups is 1. The van der Waals surface area contributed by atoms with Crippen molar-refractivity contribution in [2.45, 2.75) is 58.5 Å². The molecule has 0 aromatic heterocycles. The fourth-order valence-corrected chi connectivity index (χ4v) is 3.14. The molecule has 1 saturated carbocycles. The molecule has 17 heavy (non-hydrogen) atoms. The maximum Gasteiger partial charge on any atom is 0.185 e. The normalized spacial score (nSPS) is 33.5. The quantitative estimate of drug-likeness (QED) is 0.758. The molecule has 2 rings (SSSR count). The summed E-state index contributed by atoms with van der Waals surface area (Å²) in [4.78, 5) is 0. The van der Waals surface area contributed by atoms with Crippen LogP contribution in [0.5, 0.6) is 0 Å². The van der Waals surface area contributed by atoms with E-state index in [0.717, 1.165) is 17.6 Å². The number of hydrogen-bond donors (Lipinski definition) is 2. The zero-order valence-electron chi connectivity index (χ0n) is 11.3. The van der Waals surface area contributed by atoms with Crippen molar-refractivity contribution in [2.24, 2.45) is 11.8 Å². The van der Waals surface area contributed by atoms with Crippen LogP contribution in [-0.2, 0) is 0 Å². The van der Waals surface area contributed by atoms with Crippen molar-refractivity contribution in [1.29, 1.82) is 0 Å². The Balaban J connectivity index is 1.97. The van der Waals surface area contributed by atoms with E-state index in [0.29, 0.717) is 5.92 Å². The van der Waals surface area contributed by atoms with Crippen LogP contribution < -0.4 is 10.7 Å². The van der Waals surface area contributed by atoms with E-state index in [1.54, 1.807) is 0 Å². The summed E-state index contributed by atoms with van der Waals surface area (Å²) < 4.78 is 0. The Morgan fingerprint density at radius 3 is 2.88 bits per heavy atom. The molecule has 1 aliphatic carbocycles. The van der Waals surface area contributed by atoms with Gasteiger partial charge in [-0.05, 0) is 49.7 Å². The first-order valence-electron chi connectivity index (χ1n) is 6.91. The zero-order valence-corrected chi connectivity index (χ0v) is 12.1. The molecule has 0 aromatic carbocycles. The van der Waals surface area contributed by atoms with Crippen LogP contribution >= 0.6 is 12.2 Å². The fourth-order valence-electron chi connectivity index (χ4n) is 2.82. The van der Waals surface area contributed by atoms with E-state index in [1.807, 2.05) is 0 Å². The van der Waals surface area contributed by atoms with Crippen LogP contribution in [0.4, 0.5) is 0 Å². The number of rotatable bonds is 3. The van der Waals surface area contributed by atoms with E-state index in [1.165, 1.54) is 32.1 Å². The molecule has 1 aliphatic heterocycles. The second-order valence-electron chi connectivity index (χ2n) is 5.99. The molecule has 2 fully saturated rings. The zero-order chi connectivity index (χ0) is 12.5. The number of nitrogens with zero attached hydrogens (tertiary/aromatic N) is 1. The summed E-state index contributed by atoms with van der Waals surface area (Å²) in [5.74, 6) is 1.37. The molecule has 1 saturated heterocycles. The van der Waals surface area contributed by atoms with Gasteiger partial charge in [0.1, 0.15) is 5.66 Å². The fraction of sp³-hybridized carbons (Fsp3) is 0.923. The summed E-state index contributed by atoms with van der Waals surface area (Å²) in [5, 5.41) is 6.58. The van der Waals surface area contributed by atoms with Gasteiger partial charge in [-0.25, -0.2) is 5.43 Å². The summed E-state index contributed by atoms with van der Waals surface area (Å²) in [5.41, 5.74) is 3.69. The molecule has 1 spiro atoms. The first kappa shape index (κ1) is 13.1. The molecular formula is C13H25N3S. The summed E-state index contributed by atoms with van der Waals surface area (Å²) in [6, 6.07) is 0. The highest BCUT2D eigenvalue weighted by Crippen LogP contribution is 2.34. The van der Waals surface area contributed by atoms with Crippen LogP contribution in [0.2, 0.25) is 0 Å². The van der Waals surface area contributed by atoms with Gasteiger partial charge in [0.2, 0.25) is 0 Å². The Hall–Kier alpha value is -0.350. The van der Waals surface area contributed by atoms with Crippen molar-refractivity contribution in [3.63, 3.8) is 0 Å². The van der Waals surface area contributed by atoms with E-state index in [2.05, 4.69) is 36.5 Å². The van der Waals surface area contributed by atoms with Crippen LogP contribution in [0, 0.1) is 11.8 Å². The van der Waals surface area contributed by atoms with Gasteiger partial charge in [-0.1, -0.05) is 27.2 Å². The highest BCUT2D eigenvalue weighted by Gasteiger charge is 2.45. The van der Waals surface area contributed by atoms with E-state index in [-0.39, 0.29) is 5.66 Å². The van der Waals surface area contributed by atoms with Gasteiger partial charge in [0.25, 0.3) is 0 Å². The molecule has 2 N–H and O–H groups in total. The number of hydrogen-bond acceptors (Lipinski definition) is 2. The van der Waals surface area contributed by atoms with Gasteiger partial charge in [0, 0.05) is 6.54 Å². The van der Waals surface area contributed by atoms with E-state index < -0.39 is 0 Å². The summed E-state index contributed by atoms with van der Waals surface area (Å²) in [7, 11) is 0. The minimum absolute atomic E-state index is 0.0479. The number of nitrogens with one attached hydrogen (secondary N) is 2. The molecule has 2 aliphatic rings. The predicted octanol–water partition coefficient (Wildman–Crippen LogP) is 2.63. The largest absolute Gasteiger partial charge is 0.342 e. The Bertz CT molecular complexity index is 292. The molecule has 1 heterocycles. The lowest BCUT2D eigenvalue weighted by Gasteiger charge is -2.39. The first-order valence-corrected chi connectivity index (χ1v) is 7.32. The van der Waals surface area contributed by atoms with Crippen LogP contribution in [0.25, 0.3) is 0 Å². The monoisotopic (exact) mass is 255 g/mol. The summed E-state index contributed by atoms with van der Waals surface area (Å²) >= 11 is 5.45. The lowest BCUT2D eigenvalue weighted by atomic mass is 9.81. The lowest BCUT2D eigenvalue weighted by molar-refractivity contribution is 0.105. The average molecular weight is 255 g/mol. The Kier molecular flexibility index (Phi) is 3.93. The highest BCUT2D eigenvalue weighted by molar-refractivity contribution is 7.80. The minimum Gasteiger partial charge on any atom is -0.342 e. The third-order valence-corrected chi connectivity index (χ3v) is 4.46. The minimum atomic E-state index is 0.0479. The molecule has 0 radical (unpaired) electrons. The molecule has 0 aromatic rings. The van der Waals surface area contributed by atoms with Crippen molar-refractivity contribution in [2.75, 3.05) is 6.54 Å². The first-order chi connectivity index (χ1) is 8.03. The summed E-state index contributed by atoms with van der Waals surface area (Å²) in [6.45, 7) is 7.85. The van der Waals surface area contributed by atoms with Gasteiger partial charge in [0.05, 0.1) is 0 Å². The maximum absolute atomic E-state index is 5.45. The topological polar surface area (TPSA) is 27.3 Å². The SMILES string of the molecule is CC(C)CCN1N[C@]2(CCCC[C@@H]2C)NC1=S. The molecule has 4 heteroatoms. The molecule has 98 valence electrons. The Morgan fingerprint density at radius 2 is 2.24 bits per heavy atom. The van der Waals surface area contributed by atoms with Gasteiger partial charge in [-0.15, -0.1) is 0 Å². The highest BCUT2D eigenvalue weighted by atomic mass is 32.1. The average Bonchev–Trinajstić information content (AvgIpc) is 2.58. The third kappa shape index (κ3) is 2.74. The molecule has 0 bridgehead atoms. The molecule has 2 atom stereocenters. The van der Waals surface area contributed by atoms with E-state index >= 15 is 0 Å². The third-order valence-electron chi connectivity index (χ3n) is 4.14. The van der Waals surface area contributed by atoms with Crippen molar-refractivity contribution in [3.8, 4) is 0 Å². The Morgan fingerprint density at radius 1 is 1.47 bits per heavy atom. The van der Waals surface area contributed by atoms with Crippen molar-refractivity contribution < 1.29 is 0 Å². The Labute approximate surface area is 110 Å². The smallest absolute Gasteiger partial charge is 0.185 e. The second-order valence-corrected chi connectivity index (χ2v) is 6.38. The maximum atomic E-state index is 5.45. The van der Waals surface area contributed by atoms with Gasteiger partial charge in [-0.3, -0.25) is 5.01 Å². The van der Waals surface area contributed by atoms with Crippen molar-refractivity contribution in [1.82, 2.24) is 15.8 Å². The van der Waals surface area contributed by atoms with Gasteiger partial charge < -0.3 is 5.32 Å². The second kappa shape index (κ2) is 5.11. The van der Waals surface area contributed by atoms with Crippen LogP contribution in [0.1, 0.15) is 52.9 Å². The van der Waals surface area contributed by atoms with Crippen molar-refractivity contribution >= 4 is 17.3 Å². The molecular weight excluding hydrogens is 230 g/mol. The molecule has 3 nitrogen and oxygen atoms in total. The van der Waals surface area contributed by atoms with Gasteiger partial charge >= 0.3 is 0 Å². The lowest BCUT2D eigenvalue weighted by Crippen LogP contribution is -2.57. The van der Waals surface area contributed by atoms with Gasteiger partial charge in [-0.2, -0.15) is 0 Å². The molecule has 0 amide bonds. The van der Waals surface area contributed by atoms with Crippen molar-refractivity contribution in [3.05, 3.63) is 0 Å². The van der Waals surface area contributed by atoms with Crippen LogP contribution in [0.15, 0.2) is 0 Å². The van der Waals surface area contributed by atoms with E-state index in [4.69, 9.17) is 12.2 Å². The molecule has 0 unspecified atom stereocenters. The number of hydrazine groups is 1. The van der Waals surface area contributed by atoms with Crippen LogP contribution in [0.3, 0.4) is 0 Å². The predicted molar refractivity (Wildman–Crippen MR) is 75.4 cm³/mol. The standard InChI is InChI=1S/C13H25N3S/c1-10(2)7-9-16-12(17)14-13(15-16)8-5-4-6-11(13)3/h10-11,15H,4-9H2,1-3H3,(H,14,17)/t11-,13-/m0/s1.